The van der Waals surface area contributed by atoms with Gasteiger partial charge in [-0.2, -0.15) is 0 Å². The van der Waals surface area contributed by atoms with Crippen LogP contribution in [0.15, 0.2) is 17.5 Å². The normalized spacial score (nSPS) is 17.7. The van der Waals surface area contributed by atoms with E-state index >= 15 is 0 Å². The molecule has 2 heterocycles. The highest BCUT2D eigenvalue weighted by molar-refractivity contribution is 7.09. The molecule has 1 amide bonds. The maximum absolute atomic E-state index is 12.5. The lowest BCUT2D eigenvalue weighted by Gasteiger charge is -2.34. The third kappa shape index (κ3) is 3.78. The summed E-state index contributed by atoms with van der Waals surface area (Å²) < 4.78 is 0. The van der Waals surface area contributed by atoms with Crippen LogP contribution in [0.5, 0.6) is 0 Å². The zero-order valence-electron chi connectivity index (χ0n) is 11.8. The standard InChI is InChI=1S/C14H23N3OS/c1-3-16(11-13-5-4-10-19-13)12(2)14(18)17-8-6-15-7-9-17/h4-5,10,12,15H,3,6-9,11H2,1-2H3. The fourth-order valence-corrected chi connectivity index (χ4v) is 3.16. The Morgan fingerprint density at radius 3 is 2.84 bits per heavy atom. The van der Waals surface area contributed by atoms with Crippen molar-refractivity contribution in [2.45, 2.75) is 26.4 Å². The maximum Gasteiger partial charge on any atom is 0.239 e. The van der Waals surface area contributed by atoms with Crippen LogP contribution in [0.2, 0.25) is 0 Å². The number of nitrogens with zero attached hydrogens (tertiary/aromatic N) is 2. The molecule has 5 heteroatoms. The predicted molar refractivity (Wildman–Crippen MR) is 79.3 cm³/mol. The fraction of sp³-hybridized carbons (Fsp3) is 0.643. The van der Waals surface area contributed by atoms with Crippen molar-refractivity contribution in [2.75, 3.05) is 32.7 Å². The molecule has 0 bridgehead atoms. The second-order valence-electron chi connectivity index (χ2n) is 4.89. The van der Waals surface area contributed by atoms with Crippen molar-refractivity contribution in [1.29, 1.82) is 0 Å². The Balaban J connectivity index is 1.94. The van der Waals surface area contributed by atoms with E-state index in [-0.39, 0.29) is 11.9 Å². The van der Waals surface area contributed by atoms with Crippen LogP contribution in [0.1, 0.15) is 18.7 Å². The number of carbonyl (C=O) groups excluding carboxylic acids is 1. The minimum Gasteiger partial charge on any atom is -0.339 e. The van der Waals surface area contributed by atoms with Gasteiger partial charge in [-0.3, -0.25) is 9.69 Å². The highest BCUT2D eigenvalue weighted by atomic mass is 32.1. The second kappa shape index (κ2) is 7.03. The zero-order chi connectivity index (χ0) is 13.7. The number of likely N-dealkylation sites (N-methyl/N-ethyl adjacent to an activating group) is 1. The van der Waals surface area contributed by atoms with Crippen LogP contribution >= 0.6 is 11.3 Å². The van der Waals surface area contributed by atoms with Gasteiger partial charge in [0.05, 0.1) is 6.04 Å². The van der Waals surface area contributed by atoms with E-state index in [0.29, 0.717) is 0 Å². The summed E-state index contributed by atoms with van der Waals surface area (Å²) in [7, 11) is 0. The number of carbonyl (C=O) groups is 1. The smallest absolute Gasteiger partial charge is 0.239 e. The first-order valence-corrected chi connectivity index (χ1v) is 7.86. The number of hydrogen-bond acceptors (Lipinski definition) is 4. The van der Waals surface area contributed by atoms with Crippen LogP contribution < -0.4 is 5.32 Å². The average Bonchev–Trinajstić information content (AvgIpc) is 2.97. The minimum absolute atomic E-state index is 0.0369. The number of thiophene rings is 1. The van der Waals surface area contributed by atoms with Crippen LogP contribution in [-0.2, 0) is 11.3 Å². The Morgan fingerprint density at radius 2 is 2.26 bits per heavy atom. The van der Waals surface area contributed by atoms with E-state index in [2.05, 4.69) is 34.7 Å². The first kappa shape index (κ1) is 14.5. The highest BCUT2D eigenvalue weighted by Gasteiger charge is 2.26. The fourth-order valence-electron chi connectivity index (χ4n) is 2.43. The first-order chi connectivity index (χ1) is 9.22. The summed E-state index contributed by atoms with van der Waals surface area (Å²) in [6.07, 6.45) is 0. The number of piperazine rings is 1. The van der Waals surface area contributed by atoms with Crippen molar-refractivity contribution >= 4 is 17.2 Å². The van der Waals surface area contributed by atoms with E-state index in [1.165, 1.54) is 4.88 Å². The van der Waals surface area contributed by atoms with E-state index in [4.69, 9.17) is 0 Å². The van der Waals surface area contributed by atoms with Gasteiger partial charge in [-0.05, 0) is 24.9 Å². The molecule has 1 fully saturated rings. The molecule has 1 unspecified atom stereocenters. The van der Waals surface area contributed by atoms with Crippen LogP contribution in [-0.4, -0.2) is 54.5 Å². The predicted octanol–water partition coefficient (Wildman–Crippen LogP) is 1.39. The quantitative estimate of drug-likeness (QED) is 0.886. The summed E-state index contributed by atoms with van der Waals surface area (Å²) >= 11 is 1.75. The Morgan fingerprint density at radius 1 is 1.53 bits per heavy atom. The molecule has 106 valence electrons. The number of hydrogen-bond donors (Lipinski definition) is 1. The van der Waals surface area contributed by atoms with Crippen molar-refractivity contribution in [3.63, 3.8) is 0 Å². The molecule has 1 aliphatic rings. The van der Waals surface area contributed by atoms with Crippen molar-refractivity contribution in [3.05, 3.63) is 22.4 Å². The van der Waals surface area contributed by atoms with Crippen molar-refractivity contribution in [3.8, 4) is 0 Å². The number of amides is 1. The topological polar surface area (TPSA) is 35.6 Å². The zero-order valence-corrected chi connectivity index (χ0v) is 12.6. The SMILES string of the molecule is CCN(Cc1cccs1)C(C)C(=O)N1CCNCC1. The lowest BCUT2D eigenvalue weighted by atomic mass is 10.2. The summed E-state index contributed by atoms with van der Waals surface area (Å²) in [6.45, 7) is 9.41. The van der Waals surface area contributed by atoms with Gasteiger partial charge in [0.25, 0.3) is 0 Å². The van der Waals surface area contributed by atoms with E-state index in [0.717, 1.165) is 39.3 Å². The summed E-state index contributed by atoms with van der Waals surface area (Å²) in [5, 5.41) is 5.37. The van der Waals surface area contributed by atoms with Crippen LogP contribution in [0.25, 0.3) is 0 Å². The third-order valence-electron chi connectivity index (χ3n) is 3.68. The molecule has 2 rings (SSSR count). The third-order valence-corrected chi connectivity index (χ3v) is 4.54. The van der Waals surface area contributed by atoms with Crippen LogP contribution in [0.4, 0.5) is 0 Å². The summed E-state index contributed by atoms with van der Waals surface area (Å²) in [4.78, 5) is 18.0. The van der Waals surface area contributed by atoms with Gasteiger partial charge in [0.1, 0.15) is 0 Å². The van der Waals surface area contributed by atoms with Gasteiger partial charge in [0.15, 0.2) is 0 Å². The molecule has 1 aliphatic heterocycles. The van der Waals surface area contributed by atoms with Crippen LogP contribution in [0, 0.1) is 0 Å². The van der Waals surface area contributed by atoms with Gasteiger partial charge in [0, 0.05) is 37.6 Å². The molecule has 1 N–H and O–H groups in total. The van der Waals surface area contributed by atoms with Crippen molar-refractivity contribution < 1.29 is 4.79 Å². The Hall–Kier alpha value is -0.910. The molecule has 0 radical (unpaired) electrons. The number of nitrogens with one attached hydrogen (secondary N) is 1. The monoisotopic (exact) mass is 281 g/mol. The molecule has 4 nitrogen and oxygen atoms in total. The number of rotatable bonds is 5. The molecule has 1 aromatic heterocycles. The molecule has 1 atom stereocenters. The lowest BCUT2D eigenvalue weighted by molar-refractivity contribution is -0.137. The van der Waals surface area contributed by atoms with Gasteiger partial charge in [-0.1, -0.05) is 13.0 Å². The Bertz CT molecular complexity index is 387. The average molecular weight is 281 g/mol. The first-order valence-electron chi connectivity index (χ1n) is 6.98. The van der Waals surface area contributed by atoms with Gasteiger partial charge in [-0.15, -0.1) is 11.3 Å². The van der Waals surface area contributed by atoms with Gasteiger partial charge < -0.3 is 10.2 Å². The Labute approximate surface area is 119 Å². The summed E-state index contributed by atoms with van der Waals surface area (Å²) in [6, 6.07) is 4.16. The van der Waals surface area contributed by atoms with Gasteiger partial charge in [-0.25, -0.2) is 0 Å². The minimum atomic E-state index is -0.0369. The van der Waals surface area contributed by atoms with E-state index in [1.54, 1.807) is 11.3 Å². The van der Waals surface area contributed by atoms with Gasteiger partial charge >= 0.3 is 0 Å². The molecule has 0 saturated carbocycles. The van der Waals surface area contributed by atoms with Crippen LogP contribution in [0.3, 0.4) is 0 Å². The largest absolute Gasteiger partial charge is 0.339 e. The molecular weight excluding hydrogens is 258 g/mol. The van der Waals surface area contributed by atoms with Crippen molar-refractivity contribution in [2.24, 2.45) is 0 Å². The molecular formula is C14H23N3OS. The molecule has 1 aromatic rings. The maximum atomic E-state index is 12.5. The second-order valence-corrected chi connectivity index (χ2v) is 5.93. The highest BCUT2D eigenvalue weighted by Crippen LogP contribution is 2.15. The summed E-state index contributed by atoms with van der Waals surface area (Å²) in [5.41, 5.74) is 0. The molecule has 0 spiro atoms. The molecule has 0 aliphatic carbocycles. The van der Waals surface area contributed by atoms with Crippen molar-refractivity contribution in [1.82, 2.24) is 15.1 Å². The van der Waals surface area contributed by atoms with Gasteiger partial charge in [0.2, 0.25) is 5.91 Å². The van der Waals surface area contributed by atoms with E-state index in [9.17, 15) is 4.79 Å². The molecule has 0 aromatic carbocycles. The molecule has 1 saturated heterocycles. The molecule has 19 heavy (non-hydrogen) atoms. The van der Waals surface area contributed by atoms with E-state index < -0.39 is 0 Å². The van der Waals surface area contributed by atoms with E-state index in [1.807, 2.05) is 11.8 Å². The Kier molecular flexibility index (Phi) is 5.36. The lowest BCUT2D eigenvalue weighted by Crippen LogP contribution is -2.53. The summed E-state index contributed by atoms with van der Waals surface area (Å²) in [5.74, 6) is 0.264.